The topological polar surface area (TPSA) is 80.1 Å². The first-order valence-electron chi connectivity index (χ1n) is 13.1. The largest absolute Gasteiger partial charge is 0.334 e. The summed E-state index contributed by atoms with van der Waals surface area (Å²) in [6, 6.07) is 22.7. The van der Waals surface area contributed by atoms with Crippen LogP contribution in [0.3, 0.4) is 0 Å². The van der Waals surface area contributed by atoms with E-state index in [0.29, 0.717) is 23.4 Å². The number of para-hydroxylation sites is 1. The number of piperidine rings is 1. The molecule has 7 heteroatoms. The van der Waals surface area contributed by atoms with Gasteiger partial charge in [-0.25, -0.2) is 4.68 Å². The molecular formula is C31H31N5O2. The second-order valence-electron chi connectivity index (χ2n) is 9.39. The van der Waals surface area contributed by atoms with Crippen molar-refractivity contribution in [3.63, 3.8) is 0 Å². The molecule has 1 fully saturated rings. The summed E-state index contributed by atoms with van der Waals surface area (Å²) in [5.41, 5.74) is 3.82. The first-order chi connectivity index (χ1) is 18.6. The molecule has 38 heavy (non-hydrogen) atoms. The summed E-state index contributed by atoms with van der Waals surface area (Å²) in [6.07, 6.45) is 11.0. The molecule has 5 rings (SSSR count). The van der Waals surface area contributed by atoms with Crippen LogP contribution in [-0.2, 0) is 4.79 Å². The molecule has 1 unspecified atom stereocenters. The molecule has 0 spiro atoms. The van der Waals surface area contributed by atoms with Gasteiger partial charge in [0.1, 0.15) is 11.4 Å². The maximum absolute atomic E-state index is 14.0. The number of hydrogen-bond acceptors (Lipinski definition) is 4. The van der Waals surface area contributed by atoms with Gasteiger partial charge in [-0.2, -0.15) is 5.10 Å². The Balaban J connectivity index is 1.60. The van der Waals surface area contributed by atoms with Crippen LogP contribution in [0.15, 0.2) is 97.1 Å². The molecule has 2 amide bonds. The zero-order valence-corrected chi connectivity index (χ0v) is 21.5. The van der Waals surface area contributed by atoms with Crippen LogP contribution >= 0.6 is 0 Å². The number of rotatable bonds is 7. The zero-order chi connectivity index (χ0) is 26.3. The van der Waals surface area contributed by atoms with Crippen molar-refractivity contribution in [1.29, 1.82) is 0 Å². The quantitative estimate of drug-likeness (QED) is 0.337. The summed E-state index contributed by atoms with van der Waals surface area (Å²) in [4.78, 5) is 33.4. The van der Waals surface area contributed by atoms with Gasteiger partial charge in [-0.3, -0.25) is 14.6 Å². The van der Waals surface area contributed by atoms with Crippen LogP contribution in [0.2, 0.25) is 0 Å². The van der Waals surface area contributed by atoms with E-state index in [0.717, 1.165) is 36.9 Å². The summed E-state index contributed by atoms with van der Waals surface area (Å²) in [5, 5.41) is 7.77. The number of likely N-dealkylation sites (tertiary alicyclic amines) is 1. The molecular weight excluding hydrogens is 474 g/mol. The molecule has 0 saturated carbocycles. The minimum Gasteiger partial charge on any atom is -0.334 e. The van der Waals surface area contributed by atoms with Crippen molar-refractivity contribution in [2.45, 2.75) is 38.6 Å². The van der Waals surface area contributed by atoms with Gasteiger partial charge in [-0.15, -0.1) is 0 Å². The highest BCUT2D eigenvalue weighted by Crippen LogP contribution is 2.27. The van der Waals surface area contributed by atoms with E-state index in [-0.39, 0.29) is 23.6 Å². The summed E-state index contributed by atoms with van der Waals surface area (Å²) in [6.45, 7) is 2.78. The maximum atomic E-state index is 14.0. The van der Waals surface area contributed by atoms with Crippen LogP contribution in [0.25, 0.3) is 23.0 Å². The van der Waals surface area contributed by atoms with Gasteiger partial charge in [0.15, 0.2) is 0 Å². The van der Waals surface area contributed by atoms with Crippen molar-refractivity contribution in [3.05, 3.63) is 108 Å². The third-order valence-electron chi connectivity index (χ3n) is 6.87. The molecule has 0 radical (unpaired) electrons. The van der Waals surface area contributed by atoms with Gasteiger partial charge in [-0.1, -0.05) is 43.3 Å². The second-order valence-corrected chi connectivity index (χ2v) is 9.39. The Morgan fingerprint density at radius 3 is 2.47 bits per heavy atom. The van der Waals surface area contributed by atoms with Crippen molar-refractivity contribution in [2.75, 3.05) is 6.54 Å². The Bertz CT molecular complexity index is 1410. The molecule has 0 aliphatic carbocycles. The predicted octanol–water partition coefficient (Wildman–Crippen LogP) is 5.50. The summed E-state index contributed by atoms with van der Waals surface area (Å²) in [5.74, 6) is -0.501. The van der Waals surface area contributed by atoms with Crippen LogP contribution in [0, 0.1) is 0 Å². The van der Waals surface area contributed by atoms with Gasteiger partial charge in [0, 0.05) is 47.9 Å². The minimum absolute atomic E-state index is 0.151. The van der Waals surface area contributed by atoms with Gasteiger partial charge >= 0.3 is 0 Å². The van der Waals surface area contributed by atoms with E-state index in [9.17, 15) is 9.59 Å². The fraction of sp³-hybridized carbons (Fsp3) is 0.226. The minimum atomic E-state index is -0.325. The Kier molecular flexibility index (Phi) is 7.73. The number of hydrogen-bond donors (Lipinski definition) is 1. The van der Waals surface area contributed by atoms with Crippen molar-refractivity contribution < 1.29 is 9.59 Å². The molecule has 7 nitrogen and oxygen atoms in total. The molecule has 1 aliphatic rings. The average Bonchev–Trinajstić information content (AvgIpc) is 3.41. The fourth-order valence-electron chi connectivity index (χ4n) is 4.87. The van der Waals surface area contributed by atoms with Gasteiger partial charge in [0.05, 0.1) is 5.69 Å². The monoisotopic (exact) mass is 505 g/mol. The highest BCUT2D eigenvalue weighted by atomic mass is 16.2. The molecule has 1 aliphatic heterocycles. The lowest BCUT2D eigenvalue weighted by molar-refractivity contribution is -0.131. The van der Waals surface area contributed by atoms with Crippen LogP contribution in [-0.4, -0.2) is 44.1 Å². The molecule has 0 bridgehead atoms. The Morgan fingerprint density at radius 1 is 1.00 bits per heavy atom. The van der Waals surface area contributed by atoms with Gasteiger partial charge in [-0.05, 0) is 68.2 Å². The standard InChI is InChI=1S/C31H31N5O2/c1-2-26-15-9-10-19-35(26)31(38)28(33-30(37)23-12-5-3-6-13-23)20-25-22-36(27-16-7-4-8-17-27)34-29(25)24-14-11-18-32-21-24/h3-8,11-14,16-18,20-22,26H,2,9-10,15,19H2,1H3,(H,33,37)/b28-20-. The first kappa shape index (κ1) is 25.1. The number of benzene rings is 2. The number of carbonyl (C=O) groups excluding carboxylic acids is 2. The summed E-state index contributed by atoms with van der Waals surface area (Å²) < 4.78 is 1.78. The molecule has 192 valence electrons. The maximum Gasteiger partial charge on any atom is 0.270 e. The Hall–Kier alpha value is -4.52. The third kappa shape index (κ3) is 5.57. The number of pyridine rings is 1. The SMILES string of the molecule is CCC1CCCCN1C(=O)/C(=C/c1cn(-c2ccccc2)nc1-c1cccnc1)NC(=O)c1ccccc1. The lowest BCUT2D eigenvalue weighted by atomic mass is 9.99. The number of nitrogens with one attached hydrogen (secondary N) is 1. The van der Waals surface area contributed by atoms with E-state index in [1.807, 2.05) is 71.8 Å². The fourth-order valence-corrected chi connectivity index (χ4v) is 4.87. The molecule has 1 saturated heterocycles. The van der Waals surface area contributed by atoms with Crippen LogP contribution in [0.4, 0.5) is 0 Å². The van der Waals surface area contributed by atoms with E-state index in [4.69, 9.17) is 5.10 Å². The average molecular weight is 506 g/mol. The molecule has 1 N–H and O–H groups in total. The lowest BCUT2D eigenvalue weighted by Gasteiger charge is -2.35. The van der Waals surface area contributed by atoms with Crippen molar-refractivity contribution in [1.82, 2.24) is 25.0 Å². The third-order valence-corrected chi connectivity index (χ3v) is 6.87. The summed E-state index contributed by atoms with van der Waals surface area (Å²) >= 11 is 0. The second kappa shape index (κ2) is 11.7. The number of aromatic nitrogens is 3. The highest BCUT2D eigenvalue weighted by molar-refractivity contribution is 6.05. The molecule has 2 aromatic heterocycles. The van der Waals surface area contributed by atoms with Gasteiger partial charge < -0.3 is 10.2 Å². The van der Waals surface area contributed by atoms with E-state index in [1.165, 1.54) is 0 Å². The Morgan fingerprint density at radius 2 is 1.76 bits per heavy atom. The molecule has 3 heterocycles. The van der Waals surface area contributed by atoms with Crippen LogP contribution in [0.5, 0.6) is 0 Å². The number of carbonyl (C=O) groups is 2. The Labute approximate surface area is 222 Å². The number of nitrogens with zero attached hydrogens (tertiary/aromatic N) is 4. The number of amides is 2. The van der Waals surface area contributed by atoms with Crippen molar-refractivity contribution >= 4 is 17.9 Å². The van der Waals surface area contributed by atoms with Crippen LogP contribution < -0.4 is 5.32 Å². The lowest BCUT2D eigenvalue weighted by Crippen LogP contribution is -2.46. The van der Waals surface area contributed by atoms with E-state index < -0.39 is 0 Å². The highest BCUT2D eigenvalue weighted by Gasteiger charge is 2.29. The van der Waals surface area contributed by atoms with E-state index in [2.05, 4.69) is 17.2 Å². The predicted molar refractivity (Wildman–Crippen MR) is 148 cm³/mol. The van der Waals surface area contributed by atoms with Gasteiger partial charge in [0.25, 0.3) is 11.8 Å². The van der Waals surface area contributed by atoms with E-state index in [1.54, 1.807) is 35.3 Å². The summed E-state index contributed by atoms with van der Waals surface area (Å²) in [7, 11) is 0. The molecule has 1 atom stereocenters. The first-order valence-corrected chi connectivity index (χ1v) is 13.1. The normalized spacial score (nSPS) is 15.8. The van der Waals surface area contributed by atoms with E-state index >= 15 is 0 Å². The smallest absolute Gasteiger partial charge is 0.270 e. The van der Waals surface area contributed by atoms with Gasteiger partial charge in [0.2, 0.25) is 0 Å². The molecule has 4 aromatic rings. The van der Waals surface area contributed by atoms with Crippen LogP contribution in [0.1, 0.15) is 48.5 Å². The van der Waals surface area contributed by atoms with Crippen molar-refractivity contribution in [2.24, 2.45) is 0 Å². The molecule has 2 aromatic carbocycles. The van der Waals surface area contributed by atoms with Crippen molar-refractivity contribution in [3.8, 4) is 16.9 Å². The zero-order valence-electron chi connectivity index (χ0n) is 21.5.